The van der Waals surface area contributed by atoms with Crippen LogP contribution in [0.5, 0.6) is 0 Å². The molecule has 1 aromatic heterocycles. The Bertz CT molecular complexity index is 752. The number of morpholine rings is 1. The maximum absolute atomic E-state index is 12.8. The van der Waals surface area contributed by atoms with Gasteiger partial charge in [0.05, 0.1) is 29.2 Å². The topological polar surface area (TPSA) is 101 Å². The molecule has 0 aliphatic carbocycles. The van der Waals surface area contributed by atoms with Crippen molar-refractivity contribution < 1.29 is 14.5 Å². The summed E-state index contributed by atoms with van der Waals surface area (Å²) < 4.78 is 5.41. The fraction of sp³-hybridized carbons (Fsp3) is 0.429. The molecular weight excluding hydrogens is 288 g/mol. The summed E-state index contributed by atoms with van der Waals surface area (Å²) in [6.45, 7) is 5.22. The molecule has 1 aliphatic rings. The second-order valence-electron chi connectivity index (χ2n) is 5.88. The maximum atomic E-state index is 12.8. The number of hydrogen-bond donors (Lipinski definition) is 1. The first-order valence-electron chi connectivity index (χ1n) is 6.92. The minimum absolute atomic E-state index is 0.0656. The Kier molecular flexibility index (Phi) is 3.32. The number of nitrogens with one attached hydrogen (secondary N) is 1. The van der Waals surface area contributed by atoms with Crippen molar-refractivity contribution in [1.82, 2.24) is 15.1 Å². The Morgan fingerprint density at radius 2 is 2.27 bits per heavy atom. The lowest BCUT2D eigenvalue weighted by Crippen LogP contribution is -2.55. The van der Waals surface area contributed by atoms with Crippen LogP contribution in [0.1, 0.15) is 24.3 Å². The number of aromatic amines is 1. The van der Waals surface area contributed by atoms with Crippen LogP contribution in [-0.2, 0) is 4.74 Å². The lowest BCUT2D eigenvalue weighted by molar-refractivity contribution is -0.384. The summed E-state index contributed by atoms with van der Waals surface area (Å²) in [5, 5.41) is 18.2. The zero-order chi connectivity index (χ0) is 15.9. The van der Waals surface area contributed by atoms with Gasteiger partial charge in [0.15, 0.2) is 5.69 Å². The number of amides is 1. The summed E-state index contributed by atoms with van der Waals surface area (Å²) in [6, 6.07) is 4.31. The zero-order valence-electron chi connectivity index (χ0n) is 12.3. The van der Waals surface area contributed by atoms with Crippen molar-refractivity contribution in [3.05, 3.63) is 34.0 Å². The van der Waals surface area contributed by atoms with E-state index in [1.165, 1.54) is 12.1 Å². The number of hydrogen-bond acceptors (Lipinski definition) is 5. The number of benzene rings is 1. The highest BCUT2D eigenvalue weighted by molar-refractivity contribution is 6.05. The molecule has 3 rings (SSSR count). The van der Waals surface area contributed by atoms with E-state index in [2.05, 4.69) is 10.2 Å². The van der Waals surface area contributed by atoms with Gasteiger partial charge in [-0.05, 0) is 19.9 Å². The van der Waals surface area contributed by atoms with Gasteiger partial charge in [0.2, 0.25) is 0 Å². The molecule has 0 saturated carbocycles. The smallest absolute Gasteiger partial charge is 0.275 e. The van der Waals surface area contributed by atoms with Crippen molar-refractivity contribution >= 4 is 22.5 Å². The minimum atomic E-state index is -0.487. The Morgan fingerprint density at radius 1 is 1.50 bits per heavy atom. The number of ether oxygens (including phenoxy) is 1. The Balaban J connectivity index is 2.03. The molecule has 1 aliphatic heterocycles. The van der Waals surface area contributed by atoms with Crippen LogP contribution in [-0.4, -0.2) is 51.2 Å². The number of nitro groups is 1. The third-order valence-corrected chi connectivity index (χ3v) is 3.85. The second-order valence-corrected chi connectivity index (χ2v) is 5.88. The van der Waals surface area contributed by atoms with Gasteiger partial charge >= 0.3 is 0 Å². The van der Waals surface area contributed by atoms with E-state index in [0.29, 0.717) is 30.7 Å². The van der Waals surface area contributed by atoms with E-state index in [-0.39, 0.29) is 17.3 Å². The van der Waals surface area contributed by atoms with E-state index in [4.69, 9.17) is 4.74 Å². The van der Waals surface area contributed by atoms with Gasteiger partial charge < -0.3 is 9.64 Å². The van der Waals surface area contributed by atoms with Crippen molar-refractivity contribution in [2.45, 2.75) is 19.4 Å². The van der Waals surface area contributed by atoms with Gasteiger partial charge in [0, 0.05) is 24.1 Å². The van der Waals surface area contributed by atoms with Gasteiger partial charge in [-0.15, -0.1) is 0 Å². The number of carbonyl (C=O) groups is 1. The average molecular weight is 304 g/mol. The molecule has 0 spiro atoms. The number of nitro benzene ring substituents is 1. The molecule has 1 fully saturated rings. The van der Waals surface area contributed by atoms with Crippen LogP contribution in [0.2, 0.25) is 0 Å². The van der Waals surface area contributed by atoms with E-state index in [1.54, 1.807) is 11.0 Å². The van der Waals surface area contributed by atoms with Crippen molar-refractivity contribution in [2.24, 2.45) is 0 Å². The minimum Gasteiger partial charge on any atom is -0.377 e. The monoisotopic (exact) mass is 304 g/mol. The molecule has 0 bridgehead atoms. The first-order chi connectivity index (χ1) is 10.4. The second kappa shape index (κ2) is 5.06. The summed E-state index contributed by atoms with van der Waals surface area (Å²) in [4.78, 5) is 24.9. The van der Waals surface area contributed by atoms with E-state index < -0.39 is 10.5 Å². The van der Waals surface area contributed by atoms with Crippen LogP contribution in [0.3, 0.4) is 0 Å². The van der Waals surface area contributed by atoms with Gasteiger partial charge in [-0.25, -0.2) is 0 Å². The summed E-state index contributed by atoms with van der Waals surface area (Å²) >= 11 is 0. The van der Waals surface area contributed by atoms with Crippen molar-refractivity contribution in [1.29, 1.82) is 0 Å². The van der Waals surface area contributed by atoms with Crippen LogP contribution < -0.4 is 0 Å². The highest BCUT2D eigenvalue weighted by Crippen LogP contribution is 2.26. The SMILES string of the molecule is CC1(C)COCCN1C(=O)c1n[nH]c2ccc([N+](=O)[O-])cc12. The van der Waals surface area contributed by atoms with Gasteiger partial charge in [-0.1, -0.05) is 0 Å². The van der Waals surface area contributed by atoms with Gasteiger partial charge in [0.25, 0.3) is 11.6 Å². The van der Waals surface area contributed by atoms with Crippen molar-refractivity contribution in [2.75, 3.05) is 19.8 Å². The van der Waals surface area contributed by atoms with Gasteiger partial charge in [-0.3, -0.25) is 20.0 Å². The fourth-order valence-corrected chi connectivity index (χ4v) is 2.64. The fourth-order valence-electron chi connectivity index (χ4n) is 2.64. The molecule has 1 saturated heterocycles. The molecule has 0 atom stereocenters. The van der Waals surface area contributed by atoms with Crippen molar-refractivity contribution in [3.8, 4) is 0 Å². The summed E-state index contributed by atoms with van der Waals surface area (Å²) in [5.74, 6) is -0.250. The summed E-state index contributed by atoms with van der Waals surface area (Å²) in [7, 11) is 0. The first kappa shape index (κ1) is 14.5. The average Bonchev–Trinajstić information content (AvgIpc) is 2.89. The van der Waals surface area contributed by atoms with E-state index >= 15 is 0 Å². The number of non-ortho nitro benzene ring substituents is 1. The Morgan fingerprint density at radius 3 is 2.95 bits per heavy atom. The first-order valence-corrected chi connectivity index (χ1v) is 6.92. The van der Waals surface area contributed by atoms with Crippen LogP contribution in [0, 0.1) is 10.1 Å². The van der Waals surface area contributed by atoms with Gasteiger partial charge in [0.1, 0.15) is 0 Å². The maximum Gasteiger partial charge on any atom is 0.275 e. The van der Waals surface area contributed by atoms with Crippen molar-refractivity contribution in [3.63, 3.8) is 0 Å². The third kappa shape index (κ3) is 2.31. The molecule has 2 aromatic rings. The van der Waals surface area contributed by atoms with Crippen LogP contribution in [0.25, 0.3) is 10.9 Å². The molecule has 1 N–H and O–H groups in total. The predicted octanol–water partition coefficient (Wildman–Crippen LogP) is 1.72. The lowest BCUT2D eigenvalue weighted by atomic mass is 10.0. The Labute approximate surface area is 126 Å². The van der Waals surface area contributed by atoms with Crippen LogP contribution in [0.15, 0.2) is 18.2 Å². The largest absolute Gasteiger partial charge is 0.377 e. The molecule has 22 heavy (non-hydrogen) atoms. The number of fused-ring (bicyclic) bond motifs is 1. The zero-order valence-corrected chi connectivity index (χ0v) is 12.3. The summed E-state index contributed by atoms with van der Waals surface area (Å²) in [5.41, 5.74) is 0.291. The number of nitrogens with zero attached hydrogens (tertiary/aromatic N) is 3. The third-order valence-electron chi connectivity index (χ3n) is 3.85. The molecule has 0 unspecified atom stereocenters. The molecule has 1 amide bonds. The van der Waals surface area contributed by atoms with E-state index in [0.717, 1.165) is 0 Å². The normalized spacial score (nSPS) is 17.6. The quantitative estimate of drug-likeness (QED) is 0.672. The molecule has 8 nitrogen and oxygen atoms in total. The number of carbonyl (C=O) groups excluding carboxylic acids is 1. The Hall–Kier alpha value is -2.48. The standard InChI is InChI=1S/C14H16N4O4/c1-14(2)8-22-6-5-17(14)13(19)12-10-7-9(18(20)21)3-4-11(10)15-16-12/h3-4,7H,5-6,8H2,1-2H3,(H,15,16). The van der Waals surface area contributed by atoms with E-state index in [9.17, 15) is 14.9 Å². The molecule has 0 radical (unpaired) electrons. The highest BCUT2D eigenvalue weighted by Gasteiger charge is 2.36. The molecule has 116 valence electrons. The molecule has 8 heteroatoms. The van der Waals surface area contributed by atoms with Crippen LogP contribution in [0.4, 0.5) is 5.69 Å². The number of aromatic nitrogens is 2. The van der Waals surface area contributed by atoms with E-state index in [1.807, 2.05) is 13.8 Å². The predicted molar refractivity (Wildman–Crippen MR) is 78.7 cm³/mol. The highest BCUT2D eigenvalue weighted by atomic mass is 16.6. The number of H-pyrrole nitrogens is 1. The lowest BCUT2D eigenvalue weighted by Gasteiger charge is -2.41. The van der Waals surface area contributed by atoms with Gasteiger partial charge in [-0.2, -0.15) is 5.10 Å². The molecule has 1 aromatic carbocycles. The molecule has 2 heterocycles. The molecular formula is C14H16N4O4. The van der Waals surface area contributed by atoms with Crippen LogP contribution >= 0.6 is 0 Å². The summed E-state index contributed by atoms with van der Waals surface area (Å²) in [6.07, 6.45) is 0. The number of rotatable bonds is 2.